The summed E-state index contributed by atoms with van der Waals surface area (Å²) in [6.07, 6.45) is 4.08. The molecule has 2 aromatic carbocycles. The summed E-state index contributed by atoms with van der Waals surface area (Å²) in [6.45, 7) is 6.47. The molecule has 110 valence electrons. The lowest BCUT2D eigenvalue weighted by Crippen LogP contribution is -2.15. The molecular weight excluding hydrogens is 254 g/mol. The molecule has 1 saturated carbocycles. The zero-order chi connectivity index (χ0) is 15.0. The first kappa shape index (κ1) is 14.3. The molecule has 3 rings (SSSR count). The average Bonchev–Trinajstić information content (AvgIpc) is 2.36. The summed E-state index contributed by atoms with van der Waals surface area (Å²) >= 11 is 0. The van der Waals surface area contributed by atoms with Gasteiger partial charge < -0.3 is 5.73 Å². The van der Waals surface area contributed by atoms with Gasteiger partial charge in [-0.05, 0) is 67.3 Å². The van der Waals surface area contributed by atoms with Crippen molar-refractivity contribution in [3.05, 3.63) is 69.8 Å². The summed E-state index contributed by atoms with van der Waals surface area (Å²) in [4.78, 5) is 0. The van der Waals surface area contributed by atoms with Crippen molar-refractivity contribution in [1.29, 1.82) is 0 Å². The number of benzene rings is 2. The fraction of sp³-hybridized carbons (Fsp3) is 0.400. The average molecular weight is 279 g/mol. The summed E-state index contributed by atoms with van der Waals surface area (Å²) in [5, 5.41) is 0. The van der Waals surface area contributed by atoms with Crippen LogP contribution in [-0.4, -0.2) is 0 Å². The van der Waals surface area contributed by atoms with Gasteiger partial charge >= 0.3 is 0 Å². The highest BCUT2D eigenvalue weighted by molar-refractivity contribution is 5.44. The lowest BCUT2D eigenvalue weighted by atomic mass is 9.79. The van der Waals surface area contributed by atoms with Crippen molar-refractivity contribution in [2.75, 3.05) is 0 Å². The summed E-state index contributed by atoms with van der Waals surface area (Å²) in [6, 6.07) is 13.4. The van der Waals surface area contributed by atoms with Crippen molar-refractivity contribution in [2.24, 2.45) is 5.73 Å². The zero-order valence-corrected chi connectivity index (χ0v) is 13.3. The molecule has 1 aliphatic carbocycles. The first-order chi connectivity index (χ1) is 10.1. The summed E-state index contributed by atoms with van der Waals surface area (Å²) in [5.74, 6) is 0.790. The molecule has 2 aromatic rings. The summed E-state index contributed by atoms with van der Waals surface area (Å²) < 4.78 is 0. The number of hydrogen-bond donors (Lipinski definition) is 1. The van der Waals surface area contributed by atoms with Crippen LogP contribution in [0.1, 0.15) is 64.6 Å². The van der Waals surface area contributed by atoms with Crippen molar-refractivity contribution in [3.8, 4) is 0 Å². The standard InChI is InChI=1S/C20H25N/c1-13-11-14(2)19(15(3)12-13)20(21)18-9-7-17(8-10-18)16-5-4-6-16/h7-12,16,20H,4-6,21H2,1-3H3. The molecule has 1 nitrogen and oxygen atoms in total. The summed E-state index contributed by atoms with van der Waals surface area (Å²) in [5.41, 5.74) is 14.4. The van der Waals surface area contributed by atoms with Gasteiger partial charge in [-0.3, -0.25) is 0 Å². The number of hydrogen-bond acceptors (Lipinski definition) is 1. The molecule has 0 amide bonds. The van der Waals surface area contributed by atoms with Gasteiger partial charge in [0, 0.05) is 0 Å². The molecule has 21 heavy (non-hydrogen) atoms. The van der Waals surface area contributed by atoms with Crippen LogP contribution in [0.25, 0.3) is 0 Å². The van der Waals surface area contributed by atoms with Crippen LogP contribution >= 0.6 is 0 Å². The Morgan fingerprint density at radius 1 is 0.952 bits per heavy atom. The van der Waals surface area contributed by atoms with E-state index in [1.54, 1.807) is 0 Å². The Morgan fingerprint density at radius 2 is 1.52 bits per heavy atom. The fourth-order valence-electron chi connectivity index (χ4n) is 3.57. The first-order valence-electron chi connectivity index (χ1n) is 7.99. The normalized spacial score (nSPS) is 16.6. The molecule has 0 saturated heterocycles. The van der Waals surface area contributed by atoms with Gasteiger partial charge in [0.1, 0.15) is 0 Å². The van der Waals surface area contributed by atoms with E-state index in [1.165, 1.54) is 52.6 Å². The van der Waals surface area contributed by atoms with E-state index in [4.69, 9.17) is 5.73 Å². The minimum atomic E-state index is -0.0268. The molecule has 2 N–H and O–H groups in total. The zero-order valence-electron chi connectivity index (χ0n) is 13.3. The highest BCUT2D eigenvalue weighted by Gasteiger charge is 2.20. The maximum Gasteiger partial charge on any atom is 0.0556 e. The largest absolute Gasteiger partial charge is 0.320 e. The topological polar surface area (TPSA) is 26.0 Å². The Kier molecular flexibility index (Phi) is 3.86. The second kappa shape index (κ2) is 5.65. The van der Waals surface area contributed by atoms with Crippen LogP contribution in [0.3, 0.4) is 0 Å². The SMILES string of the molecule is Cc1cc(C)c(C(N)c2ccc(C3CCC3)cc2)c(C)c1. The Balaban J connectivity index is 1.89. The number of nitrogens with two attached hydrogens (primary N) is 1. The van der Waals surface area contributed by atoms with Crippen LogP contribution < -0.4 is 5.73 Å². The molecule has 0 aromatic heterocycles. The molecule has 0 heterocycles. The first-order valence-corrected chi connectivity index (χ1v) is 7.99. The van der Waals surface area contributed by atoms with Gasteiger partial charge in [0.2, 0.25) is 0 Å². The lowest BCUT2D eigenvalue weighted by Gasteiger charge is -2.26. The van der Waals surface area contributed by atoms with Crippen molar-refractivity contribution in [1.82, 2.24) is 0 Å². The molecule has 0 bridgehead atoms. The maximum atomic E-state index is 6.54. The van der Waals surface area contributed by atoms with E-state index in [2.05, 4.69) is 57.2 Å². The van der Waals surface area contributed by atoms with Crippen LogP contribution in [0.4, 0.5) is 0 Å². The van der Waals surface area contributed by atoms with E-state index in [9.17, 15) is 0 Å². The number of aryl methyl sites for hydroxylation is 3. The van der Waals surface area contributed by atoms with Gasteiger partial charge in [-0.15, -0.1) is 0 Å². The third-order valence-electron chi connectivity index (χ3n) is 4.92. The molecule has 1 unspecified atom stereocenters. The molecule has 0 spiro atoms. The Bertz CT molecular complexity index is 612. The van der Waals surface area contributed by atoms with Crippen LogP contribution in [0.15, 0.2) is 36.4 Å². The van der Waals surface area contributed by atoms with Gasteiger partial charge in [0.25, 0.3) is 0 Å². The van der Waals surface area contributed by atoms with Gasteiger partial charge in [-0.1, -0.05) is 48.4 Å². The van der Waals surface area contributed by atoms with E-state index in [-0.39, 0.29) is 6.04 Å². The van der Waals surface area contributed by atoms with E-state index in [0.29, 0.717) is 0 Å². The minimum Gasteiger partial charge on any atom is -0.320 e. The van der Waals surface area contributed by atoms with Crippen molar-refractivity contribution in [2.45, 2.75) is 52.0 Å². The third kappa shape index (κ3) is 2.75. The molecule has 1 atom stereocenters. The predicted molar refractivity (Wildman–Crippen MR) is 89.7 cm³/mol. The fourth-order valence-corrected chi connectivity index (χ4v) is 3.57. The number of rotatable bonds is 3. The molecule has 1 fully saturated rings. The van der Waals surface area contributed by atoms with Crippen molar-refractivity contribution >= 4 is 0 Å². The molecule has 1 aliphatic rings. The quantitative estimate of drug-likeness (QED) is 0.847. The maximum absolute atomic E-state index is 6.54. The minimum absolute atomic E-state index is 0.0268. The van der Waals surface area contributed by atoms with E-state index in [1.807, 2.05) is 0 Å². The van der Waals surface area contributed by atoms with E-state index in [0.717, 1.165) is 5.92 Å². The van der Waals surface area contributed by atoms with E-state index >= 15 is 0 Å². The van der Waals surface area contributed by atoms with Crippen LogP contribution in [0.2, 0.25) is 0 Å². The van der Waals surface area contributed by atoms with Crippen molar-refractivity contribution < 1.29 is 0 Å². The van der Waals surface area contributed by atoms with Crippen LogP contribution in [0.5, 0.6) is 0 Å². The van der Waals surface area contributed by atoms with Gasteiger partial charge in [0.05, 0.1) is 6.04 Å². The highest BCUT2D eigenvalue weighted by Crippen LogP contribution is 2.37. The van der Waals surface area contributed by atoms with Crippen LogP contribution in [-0.2, 0) is 0 Å². The third-order valence-corrected chi connectivity index (χ3v) is 4.92. The molecule has 1 heteroatoms. The smallest absolute Gasteiger partial charge is 0.0556 e. The molecule has 0 aliphatic heterocycles. The van der Waals surface area contributed by atoms with Crippen molar-refractivity contribution in [3.63, 3.8) is 0 Å². The molecular formula is C20H25N. The van der Waals surface area contributed by atoms with E-state index < -0.39 is 0 Å². The second-order valence-corrected chi connectivity index (χ2v) is 6.58. The van der Waals surface area contributed by atoms with Crippen LogP contribution in [0, 0.1) is 20.8 Å². The molecule has 0 radical (unpaired) electrons. The van der Waals surface area contributed by atoms with Gasteiger partial charge in [-0.25, -0.2) is 0 Å². The summed E-state index contributed by atoms with van der Waals surface area (Å²) in [7, 11) is 0. The lowest BCUT2D eigenvalue weighted by molar-refractivity contribution is 0.419. The van der Waals surface area contributed by atoms with Gasteiger partial charge in [-0.2, -0.15) is 0 Å². The van der Waals surface area contributed by atoms with Gasteiger partial charge in [0.15, 0.2) is 0 Å². The monoisotopic (exact) mass is 279 g/mol. The second-order valence-electron chi connectivity index (χ2n) is 6.58. The Labute approximate surface area is 128 Å². The highest BCUT2D eigenvalue weighted by atomic mass is 14.6. The predicted octanol–water partition coefficient (Wildman–Crippen LogP) is 4.93. The Morgan fingerprint density at radius 3 is 2.00 bits per heavy atom. The Hall–Kier alpha value is -1.60.